The molecular weight excluding hydrogens is 194 g/mol. The van der Waals surface area contributed by atoms with E-state index in [9.17, 15) is 4.79 Å². The summed E-state index contributed by atoms with van der Waals surface area (Å²) in [5.74, 6) is 0.428. The fourth-order valence-corrected chi connectivity index (χ4v) is 1.54. The van der Waals surface area contributed by atoms with Gasteiger partial charge in [0.15, 0.2) is 0 Å². The second-order valence-electron chi connectivity index (χ2n) is 3.28. The van der Waals surface area contributed by atoms with Crippen molar-refractivity contribution in [2.45, 2.75) is 12.8 Å². The van der Waals surface area contributed by atoms with Crippen LogP contribution < -0.4 is 5.73 Å². The smallest absolute Gasteiger partial charge is 0.303 e. The molecule has 0 amide bonds. The Labute approximate surface area is 86.2 Å². The molecule has 2 rings (SSSR count). The normalized spacial score (nSPS) is 10.7. The largest absolute Gasteiger partial charge is 0.481 e. The number of imidazole rings is 1. The van der Waals surface area contributed by atoms with Gasteiger partial charge in [0.25, 0.3) is 0 Å². The van der Waals surface area contributed by atoms with E-state index in [1.165, 1.54) is 0 Å². The maximum Gasteiger partial charge on any atom is 0.303 e. The Morgan fingerprint density at radius 1 is 1.53 bits per heavy atom. The van der Waals surface area contributed by atoms with Gasteiger partial charge in [-0.25, -0.2) is 4.98 Å². The molecule has 0 radical (unpaired) electrons. The number of anilines is 1. The fraction of sp³-hybridized carbons (Fsp3) is 0.200. The van der Waals surface area contributed by atoms with Crippen molar-refractivity contribution in [1.82, 2.24) is 9.38 Å². The third kappa shape index (κ3) is 1.76. The second-order valence-corrected chi connectivity index (χ2v) is 3.28. The summed E-state index contributed by atoms with van der Waals surface area (Å²) < 4.78 is 1.77. The lowest BCUT2D eigenvalue weighted by Crippen LogP contribution is -2.04. The van der Waals surface area contributed by atoms with Crippen molar-refractivity contribution in [1.29, 1.82) is 0 Å². The zero-order valence-corrected chi connectivity index (χ0v) is 8.05. The number of aryl methyl sites for hydroxylation is 1. The summed E-state index contributed by atoms with van der Waals surface area (Å²) in [5.41, 5.74) is 6.67. The minimum absolute atomic E-state index is 0.0629. The fourth-order valence-electron chi connectivity index (χ4n) is 1.54. The predicted molar refractivity (Wildman–Crippen MR) is 55.6 cm³/mol. The van der Waals surface area contributed by atoms with Crippen LogP contribution in [0.5, 0.6) is 0 Å². The predicted octanol–water partition coefficient (Wildman–Crippen LogP) is 0.934. The number of rotatable bonds is 3. The van der Waals surface area contributed by atoms with E-state index < -0.39 is 5.97 Å². The highest BCUT2D eigenvalue weighted by Crippen LogP contribution is 2.13. The first-order valence-corrected chi connectivity index (χ1v) is 4.61. The minimum Gasteiger partial charge on any atom is -0.481 e. The number of aromatic nitrogens is 2. The third-order valence-corrected chi connectivity index (χ3v) is 2.22. The van der Waals surface area contributed by atoms with Crippen LogP contribution >= 0.6 is 0 Å². The summed E-state index contributed by atoms with van der Waals surface area (Å²) in [7, 11) is 0. The second kappa shape index (κ2) is 3.61. The van der Waals surface area contributed by atoms with Gasteiger partial charge in [-0.2, -0.15) is 0 Å². The lowest BCUT2D eigenvalue weighted by Gasteiger charge is -2.03. The number of pyridine rings is 1. The van der Waals surface area contributed by atoms with Crippen LogP contribution in [0.25, 0.3) is 5.52 Å². The zero-order chi connectivity index (χ0) is 10.8. The van der Waals surface area contributed by atoms with Gasteiger partial charge in [0.1, 0.15) is 11.6 Å². The Balaban J connectivity index is 2.39. The molecule has 0 aliphatic heterocycles. The Hall–Kier alpha value is -2.04. The molecular formula is C10H11N3O2. The van der Waals surface area contributed by atoms with Crippen LogP contribution in [0.15, 0.2) is 24.4 Å². The van der Waals surface area contributed by atoms with Crippen molar-refractivity contribution < 1.29 is 9.90 Å². The average molecular weight is 205 g/mol. The van der Waals surface area contributed by atoms with Gasteiger partial charge in [-0.1, -0.05) is 6.07 Å². The molecule has 15 heavy (non-hydrogen) atoms. The van der Waals surface area contributed by atoms with Crippen LogP contribution in [0, 0.1) is 0 Å². The zero-order valence-electron chi connectivity index (χ0n) is 8.05. The summed E-state index contributed by atoms with van der Waals surface area (Å²) in [6, 6.07) is 5.49. The van der Waals surface area contributed by atoms with E-state index in [1.807, 2.05) is 12.1 Å². The summed E-state index contributed by atoms with van der Waals surface area (Å²) in [6.07, 6.45) is 2.14. The molecule has 0 spiro atoms. The van der Waals surface area contributed by atoms with E-state index >= 15 is 0 Å². The van der Waals surface area contributed by atoms with Crippen LogP contribution in [0.1, 0.15) is 12.2 Å². The van der Waals surface area contributed by atoms with Crippen LogP contribution in [0.4, 0.5) is 5.82 Å². The van der Waals surface area contributed by atoms with Gasteiger partial charge in [-0.3, -0.25) is 9.20 Å². The molecule has 5 heteroatoms. The highest BCUT2D eigenvalue weighted by Gasteiger charge is 2.07. The Morgan fingerprint density at radius 2 is 2.33 bits per heavy atom. The van der Waals surface area contributed by atoms with E-state index in [2.05, 4.69) is 4.98 Å². The van der Waals surface area contributed by atoms with Crippen LogP contribution in [0.2, 0.25) is 0 Å². The van der Waals surface area contributed by atoms with Crippen LogP contribution in [-0.4, -0.2) is 20.5 Å². The van der Waals surface area contributed by atoms with E-state index in [0.29, 0.717) is 18.1 Å². The summed E-state index contributed by atoms with van der Waals surface area (Å²) in [6.45, 7) is 0. The maximum atomic E-state index is 10.4. The number of carboxylic acid groups (broad SMARTS) is 1. The first-order valence-electron chi connectivity index (χ1n) is 4.61. The first kappa shape index (κ1) is 9.51. The molecule has 2 heterocycles. The number of carbonyl (C=O) groups is 1. The number of aliphatic carboxylic acids is 1. The van der Waals surface area contributed by atoms with Gasteiger partial charge >= 0.3 is 5.97 Å². The lowest BCUT2D eigenvalue weighted by atomic mass is 10.3. The van der Waals surface area contributed by atoms with Gasteiger partial charge in [0.2, 0.25) is 0 Å². The molecule has 2 aromatic rings. The molecule has 0 atom stereocenters. The average Bonchev–Trinajstić information content (AvgIpc) is 2.59. The van der Waals surface area contributed by atoms with Crippen molar-refractivity contribution in [3.05, 3.63) is 30.2 Å². The van der Waals surface area contributed by atoms with Crippen molar-refractivity contribution in [2.75, 3.05) is 5.73 Å². The molecule has 0 saturated heterocycles. The number of hydrogen-bond acceptors (Lipinski definition) is 3. The number of carboxylic acids is 1. The third-order valence-electron chi connectivity index (χ3n) is 2.22. The summed E-state index contributed by atoms with van der Waals surface area (Å²) >= 11 is 0. The Morgan fingerprint density at radius 3 is 3.07 bits per heavy atom. The van der Waals surface area contributed by atoms with Crippen molar-refractivity contribution >= 4 is 17.3 Å². The molecule has 3 N–H and O–H groups in total. The van der Waals surface area contributed by atoms with Crippen LogP contribution in [0.3, 0.4) is 0 Å². The number of hydrogen-bond donors (Lipinski definition) is 2. The molecule has 0 aromatic carbocycles. The van der Waals surface area contributed by atoms with E-state index in [0.717, 1.165) is 5.52 Å². The number of nitrogens with two attached hydrogens (primary N) is 1. The first-order chi connectivity index (χ1) is 7.18. The molecule has 2 aromatic heterocycles. The highest BCUT2D eigenvalue weighted by atomic mass is 16.4. The van der Waals surface area contributed by atoms with E-state index in [1.54, 1.807) is 16.7 Å². The number of nitrogens with zero attached hydrogens (tertiary/aromatic N) is 2. The lowest BCUT2D eigenvalue weighted by molar-refractivity contribution is -0.137. The Kier molecular flexibility index (Phi) is 2.29. The summed E-state index contributed by atoms with van der Waals surface area (Å²) in [4.78, 5) is 14.6. The Bertz CT molecular complexity index is 504. The van der Waals surface area contributed by atoms with E-state index in [4.69, 9.17) is 10.8 Å². The molecule has 5 nitrogen and oxygen atoms in total. The molecule has 0 fully saturated rings. The molecule has 0 bridgehead atoms. The standard InChI is InChI=1S/C10H11N3O2/c11-8-3-1-2-7-6-12-9(13(7)8)4-5-10(14)15/h1-3,6H,4-5,11H2,(H,14,15). The van der Waals surface area contributed by atoms with Gasteiger partial charge < -0.3 is 10.8 Å². The molecule has 78 valence electrons. The van der Waals surface area contributed by atoms with Crippen molar-refractivity contribution in [3.63, 3.8) is 0 Å². The SMILES string of the molecule is Nc1cccc2cnc(CCC(=O)O)n12. The van der Waals surface area contributed by atoms with Gasteiger partial charge in [-0.05, 0) is 12.1 Å². The number of nitrogen functional groups attached to an aromatic ring is 1. The van der Waals surface area contributed by atoms with Crippen molar-refractivity contribution in [2.24, 2.45) is 0 Å². The topological polar surface area (TPSA) is 80.6 Å². The minimum atomic E-state index is -0.832. The van der Waals surface area contributed by atoms with Crippen molar-refractivity contribution in [3.8, 4) is 0 Å². The highest BCUT2D eigenvalue weighted by molar-refractivity contribution is 5.67. The van der Waals surface area contributed by atoms with E-state index in [-0.39, 0.29) is 6.42 Å². The monoisotopic (exact) mass is 205 g/mol. The van der Waals surface area contributed by atoms with Crippen LogP contribution in [-0.2, 0) is 11.2 Å². The van der Waals surface area contributed by atoms with Gasteiger partial charge in [0.05, 0.1) is 18.1 Å². The molecule has 0 aliphatic carbocycles. The molecule has 0 aliphatic rings. The number of fused-ring (bicyclic) bond motifs is 1. The van der Waals surface area contributed by atoms with Gasteiger partial charge in [-0.15, -0.1) is 0 Å². The summed E-state index contributed by atoms with van der Waals surface area (Å²) in [5, 5.41) is 8.59. The quantitative estimate of drug-likeness (QED) is 0.781. The molecule has 0 saturated carbocycles. The molecule has 0 unspecified atom stereocenters. The maximum absolute atomic E-state index is 10.4. The van der Waals surface area contributed by atoms with Gasteiger partial charge in [0, 0.05) is 6.42 Å².